The molecule has 0 aliphatic heterocycles. The van der Waals surface area contributed by atoms with Gasteiger partial charge in [-0.3, -0.25) is 0 Å². The third kappa shape index (κ3) is 4.98. The van der Waals surface area contributed by atoms with Gasteiger partial charge in [-0.15, -0.1) is 0 Å². The monoisotopic (exact) mass is 506 g/mol. The van der Waals surface area contributed by atoms with E-state index in [2.05, 4.69) is 92.5 Å². The summed E-state index contributed by atoms with van der Waals surface area (Å²) in [7, 11) is 0. The first-order valence-corrected chi connectivity index (χ1v) is 11.1. The van der Waals surface area contributed by atoms with Crippen LogP contribution in [-0.2, 0) is 12.8 Å². The molecule has 0 amide bonds. The number of halogens is 2. The van der Waals surface area contributed by atoms with Crippen molar-refractivity contribution in [2.45, 2.75) is 12.8 Å². The Kier molecular flexibility index (Phi) is 6.48. The predicted octanol–water partition coefficient (Wildman–Crippen LogP) is 8.19. The van der Waals surface area contributed by atoms with Crippen LogP contribution in [0.1, 0.15) is 22.3 Å². The average Bonchev–Trinajstić information content (AvgIpc) is 2.74. The van der Waals surface area contributed by atoms with Gasteiger partial charge < -0.3 is 4.74 Å². The van der Waals surface area contributed by atoms with E-state index >= 15 is 0 Å². The Labute approximate surface area is 188 Å². The van der Waals surface area contributed by atoms with Crippen molar-refractivity contribution in [2.24, 2.45) is 0 Å². The quantitative estimate of drug-likeness (QED) is 0.255. The van der Waals surface area contributed by atoms with Crippen LogP contribution in [0.2, 0.25) is 0 Å². The molecule has 0 aliphatic carbocycles. The van der Waals surface area contributed by atoms with Gasteiger partial charge in [-0.1, -0.05) is 105 Å². The zero-order chi connectivity index (χ0) is 20.1. The molecule has 0 aromatic heterocycles. The van der Waals surface area contributed by atoms with Crippen LogP contribution in [0.25, 0.3) is 0 Å². The largest absolute Gasteiger partial charge is 0.457 e. The second-order valence-electron chi connectivity index (χ2n) is 6.86. The first-order valence-electron chi connectivity index (χ1n) is 9.51. The van der Waals surface area contributed by atoms with Crippen LogP contribution in [0.15, 0.2) is 106 Å². The molecule has 0 aliphatic rings. The van der Waals surface area contributed by atoms with E-state index in [1.54, 1.807) is 0 Å². The molecular weight excluding hydrogens is 488 g/mol. The van der Waals surface area contributed by atoms with Crippen molar-refractivity contribution in [1.82, 2.24) is 0 Å². The molecule has 0 radical (unpaired) electrons. The molecule has 0 fully saturated rings. The molecule has 0 atom stereocenters. The lowest BCUT2D eigenvalue weighted by Crippen LogP contribution is -1.99. The molecule has 4 rings (SSSR count). The van der Waals surface area contributed by atoms with E-state index < -0.39 is 0 Å². The van der Waals surface area contributed by atoms with Gasteiger partial charge in [0.05, 0.1) is 0 Å². The van der Waals surface area contributed by atoms with Crippen molar-refractivity contribution in [3.05, 3.63) is 128 Å². The molecule has 0 saturated heterocycles. The summed E-state index contributed by atoms with van der Waals surface area (Å²) >= 11 is 7.43. The molecule has 0 saturated carbocycles. The Balaban J connectivity index is 1.68. The molecule has 4 aromatic rings. The number of rotatable bonds is 6. The standard InChI is InChI=1S/C26H20Br2O/c27-23-13-7-15-25(21(23)17-19-9-3-1-4-10-19)29-26-16-8-14-24(28)22(26)18-20-11-5-2-6-12-20/h1-16H,17-18H2. The summed E-state index contributed by atoms with van der Waals surface area (Å²) in [6.07, 6.45) is 1.61. The van der Waals surface area contributed by atoms with Gasteiger partial charge in [-0.25, -0.2) is 0 Å². The fraction of sp³-hybridized carbons (Fsp3) is 0.0769. The van der Waals surface area contributed by atoms with Crippen molar-refractivity contribution in [3.8, 4) is 11.5 Å². The molecule has 3 heteroatoms. The Hall–Kier alpha value is -2.36. The molecule has 1 nitrogen and oxygen atoms in total. The lowest BCUT2D eigenvalue weighted by atomic mass is 10.0. The van der Waals surface area contributed by atoms with Crippen LogP contribution in [0.3, 0.4) is 0 Å². The maximum absolute atomic E-state index is 6.49. The molecule has 0 unspecified atom stereocenters. The van der Waals surface area contributed by atoms with Crippen LogP contribution < -0.4 is 4.74 Å². The van der Waals surface area contributed by atoms with E-state index in [4.69, 9.17) is 4.74 Å². The molecule has 144 valence electrons. The maximum Gasteiger partial charge on any atom is 0.132 e. The van der Waals surface area contributed by atoms with Crippen LogP contribution in [0.4, 0.5) is 0 Å². The fourth-order valence-electron chi connectivity index (χ4n) is 3.33. The first-order chi connectivity index (χ1) is 14.2. The third-order valence-corrected chi connectivity index (χ3v) is 6.31. The molecular formula is C26H20Br2O. The first kappa shape index (κ1) is 19.9. The van der Waals surface area contributed by atoms with Crippen molar-refractivity contribution in [1.29, 1.82) is 0 Å². The van der Waals surface area contributed by atoms with E-state index in [-0.39, 0.29) is 0 Å². The Morgan fingerprint density at radius 2 is 0.897 bits per heavy atom. The molecule has 0 N–H and O–H groups in total. The van der Waals surface area contributed by atoms with Crippen LogP contribution in [-0.4, -0.2) is 0 Å². The van der Waals surface area contributed by atoms with Crippen molar-refractivity contribution >= 4 is 31.9 Å². The van der Waals surface area contributed by atoms with Gasteiger partial charge in [0.2, 0.25) is 0 Å². The van der Waals surface area contributed by atoms with Crippen LogP contribution >= 0.6 is 31.9 Å². The summed E-state index contributed by atoms with van der Waals surface area (Å²) in [5.74, 6) is 1.74. The number of benzene rings is 4. The number of hydrogen-bond donors (Lipinski definition) is 0. The van der Waals surface area contributed by atoms with Gasteiger partial charge in [-0.2, -0.15) is 0 Å². The van der Waals surface area contributed by atoms with Crippen molar-refractivity contribution < 1.29 is 4.74 Å². The predicted molar refractivity (Wildman–Crippen MR) is 127 cm³/mol. The van der Waals surface area contributed by atoms with Crippen LogP contribution in [0, 0.1) is 0 Å². The zero-order valence-electron chi connectivity index (χ0n) is 15.8. The highest BCUT2D eigenvalue weighted by Gasteiger charge is 2.14. The summed E-state index contributed by atoms with van der Waals surface area (Å²) in [4.78, 5) is 0. The lowest BCUT2D eigenvalue weighted by Gasteiger charge is -2.17. The topological polar surface area (TPSA) is 9.23 Å². The van der Waals surface area contributed by atoms with E-state index in [1.807, 2.05) is 36.4 Å². The van der Waals surface area contributed by atoms with Crippen molar-refractivity contribution in [2.75, 3.05) is 0 Å². The Morgan fingerprint density at radius 3 is 1.31 bits per heavy atom. The van der Waals surface area contributed by atoms with Gasteiger partial charge in [0, 0.05) is 32.9 Å². The molecule has 29 heavy (non-hydrogen) atoms. The summed E-state index contributed by atoms with van der Waals surface area (Å²) in [5.41, 5.74) is 4.79. The average molecular weight is 508 g/mol. The minimum atomic E-state index is 0.805. The Bertz CT molecular complexity index is 1000. The normalized spacial score (nSPS) is 10.7. The lowest BCUT2D eigenvalue weighted by molar-refractivity contribution is 0.471. The highest BCUT2D eigenvalue weighted by molar-refractivity contribution is 9.10. The van der Waals surface area contributed by atoms with E-state index in [0.29, 0.717) is 0 Å². The highest BCUT2D eigenvalue weighted by atomic mass is 79.9. The van der Waals surface area contributed by atoms with E-state index in [1.165, 1.54) is 11.1 Å². The highest BCUT2D eigenvalue weighted by Crippen LogP contribution is 2.36. The molecule has 0 heterocycles. The molecule has 0 bridgehead atoms. The number of ether oxygens (including phenoxy) is 1. The van der Waals surface area contributed by atoms with Crippen molar-refractivity contribution in [3.63, 3.8) is 0 Å². The molecule has 4 aromatic carbocycles. The SMILES string of the molecule is Brc1cccc(Oc2cccc(Br)c2Cc2ccccc2)c1Cc1ccccc1. The second-order valence-corrected chi connectivity index (χ2v) is 8.57. The smallest absolute Gasteiger partial charge is 0.132 e. The van der Waals surface area contributed by atoms with E-state index in [0.717, 1.165) is 44.4 Å². The van der Waals surface area contributed by atoms with Gasteiger partial charge in [0.25, 0.3) is 0 Å². The van der Waals surface area contributed by atoms with Gasteiger partial charge in [0.15, 0.2) is 0 Å². The zero-order valence-corrected chi connectivity index (χ0v) is 19.0. The third-order valence-electron chi connectivity index (χ3n) is 4.82. The van der Waals surface area contributed by atoms with Gasteiger partial charge in [0.1, 0.15) is 11.5 Å². The van der Waals surface area contributed by atoms with Crippen LogP contribution in [0.5, 0.6) is 11.5 Å². The summed E-state index contributed by atoms with van der Waals surface area (Å²) in [6.45, 7) is 0. The number of hydrogen-bond acceptors (Lipinski definition) is 1. The summed E-state index contributed by atoms with van der Waals surface area (Å²) in [5, 5.41) is 0. The van der Waals surface area contributed by atoms with Gasteiger partial charge in [-0.05, 0) is 35.4 Å². The Morgan fingerprint density at radius 1 is 0.483 bits per heavy atom. The second kappa shape index (κ2) is 9.43. The van der Waals surface area contributed by atoms with Gasteiger partial charge >= 0.3 is 0 Å². The minimum Gasteiger partial charge on any atom is -0.457 e. The minimum absolute atomic E-state index is 0.805. The maximum atomic E-state index is 6.49. The fourth-order valence-corrected chi connectivity index (χ4v) is 4.31. The summed E-state index contributed by atoms with van der Waals surface area (Å²) < 4.78 is 8.59. The summed E-state index contributed by atoms with van der Waals surface area (Å²) in [6, 6.07) is 33.2. The molecule has 0 spiro atoms. The van der Waals surface area contributed by atoms with E-state index in [9.17, 15) is 0 Å².